The number of thiol groups is 1. The molecule has 1 aliphatic rings. The largest absolute Gasteiger partial charge is 0.356 e. The Balaban J connectivity index is 1.79. The van der Waals surface area contributed by atoms with Crippen LogP contribution in [-0.4, -0.2) is 18.2 Å². The lowest BCUT2D eigenvalue weighted by Gasteiger charge is -2.10. The van der Waals surface area contributed by atoms with Gasteiger partial charge in [0.1, 0.15) is 0 Å². The second-order valence-electron chi connectivity index (χ2n) is 6.26. The maximum Gasteiger partial charge on any atom is 0.220 e. The summed E-state index contributed by atoms with van der Waals surface area (Å²) in [5.74, 6) is 2.05. The van der Waals surface area contributed by atoms with Crippen LogP contribution >= 0.6 is 12.6 Å². The van der Waals surface area contributed by atoms with E-state index < -0.39 is 0 Å². The minimum absolute atomic E-state index is 0.269. The van der Waals surface area contributed by atoms with Crippen LogP contribution in [0, 0.1) is 5.92 Å². The smallest absolute Gasteiger partial charge is 0.220 e. The first kappa shape index (κ1) is 17.9. The predicted octanol–water partition coefficient (Wildman–Crippen LogP) is 4.73. The minimum atomic E-state index is 0.269. The van der Waals surface area contributed by atoms with E-state index in [9.17, 15) is 4.79 Å². The molecule has 1 aliphatic carbocycles. The van der Waals surface area contributed by atoms with Gasteiger partial charge in [0.25, 0.3) is 0 Å². The molecule has 0 spiro atoms. The van der Waals surface area contributed by atoms with E-state index in [0.717, 1.165) is 31.1 Å². The van der Waals surface area contributed by atoms with Gasteiger partial charge in [-0.1, -0.05) is 51.4 Å². The fraction of sp³-hybridized carbons (Fsp3) is 0.941. The Morgan fingerprint density at radius 3 is 2.05 bits per heavy atom. The number of unbranched alkanes of at least 4 members (excludes halogenated alkanes) is 7. The number of rotatable bonds is 12. The van der Waals surface area contributed by atoms with Gasteiger partial charge in [0, 0.05) is 13.0 Å². The van der Waals surface area contributed by atoms with Crippen molar-refractivity contribution >= 4 is 18.5 Å². The summed E-state index contributed by atoms with van der Waals surface area (Å²) in [5, 5.41) is 3.10. The van der Waals surface area contributed by atoms with E-state index in [-0.39, 0.29) is 5.91 Å². The van der Waals surface area contributed by atoms with E-state index in [1.165, 1.54) is 70.6 Å². The predicted molar refractivity (Wildman–Crippen MR) is 90.4 cm³/mol. The Hall–Kier alpha value is -0.180. The van der Waals surface area contributed by atoms with Crippen molar-refractivity contribution in [2.24, 2.45) is 5.92 Å². The third kappa shape index (κ3) is 9.68. The molecule has 0 bridgehead atoms. The first-order valence-electron chi connectivity index (χ1n) is 8.70. The molecule has 0 aromatic heterocycles. The summed E-state index contributed by atoms with van der Waals surface area (Å²) in [7, 11) is 0. The van der Waals surface area contributed by atoms with Crippen molar-refractivity contribution in [3.8, 4) is 0 Å². The molecule has 3 heteroatoms. The Kier molecular flexibility index (Phi) is 11.2. The first-order valence-corrected chi connectivity index (χ1v) is 9.33. The van der Waals surface area contributed by atoms with Crippen molar-refractivity contribution in [3.05, 3.63) is 0 Å². The van der Waals surface area contributed by atoms with Crippen LogP contribution in [0.2, 0.25) is 0 Å². The van der Waals surface area contributed by atoms with Crippen LogP contribution in [0.3, 0.4) is 0 Å². The van der Waals surface area contributed by atoms with Crippen LogP contribution in [0.4, 0.5) is 0 Å². The van der Waals surface area contributed by atoms with Gasteiger partial charge >= 0.3 is 0 Å². The van der Waals surface area contributed by atoms with Gasteiger partial charge in [-0.05, 0) is 37.4 Å². The van der Waals surface area contributed by atoms with Gasteiger partial charge in [-0.2, -0.15) is 12.6 Å². The summed E-state index contributed by atoms with van der Waals surface area (Å²) in [6, 6.07) is 0. The maximum absolute atomic E-state index is 11.7. The molecule has 1 fully saturated rings. The first-order chi connectivity index (χ1) is 9.83. The van der Waals surface area contributed by atoms with Crippen molar-refractivity contribution in [3.63, 3.8) is 0 Å². The Morgan fingerprint density at radius 1 is 0.900 bits per heavy atom. The molecular weight excluding hydrogens is 266 g/mol. The summed E-state index contributed by atoms with van der Waals surface area (Å²) < 4.78 is 0. The van der Waals surface area contributed by atoms with Crippen LogP contribution < -0.4 is 5.32 Å². The minimum Gasteiger partial charge on any atom is -0.356 e. The van der Waals surface area contributed by atoms with Crippen molar-refractivity contribution in [1.29, 1.82) is 0 Å². The average molecular weight is 300 g/mol. The monoisotopic (exact) mass is 299 g/mol. The second-order valence-corrected chi connectivity index (χ2v) is 6.70. The molecule has 1 rings (SSSR count). The lowest BCUT2D eigenvalue weighted by Crippen LogP contribution is -2.27. The second kappa shape index (κ2) is 12.6. The van der Waals surface area contributed by atoms with Crippen LogP contribution in [0.1, 0.15) is 83.5 Å². The van der Waals surface area contributed by atoms with Crippen LogP contribution in [-0.2, 0) is 4.79 Å². The molecular formula is C17H33NOS. The lowest BCUT2D eigenvalue weighted by atomic mass is 10.1. The molecule has 0 radical (unpaired) electrons. The molecule has 0 atom stereocenters. The zero-order chi connectivity index (χ0) is 14.5. The summed E-state index contributed by atoms with van der Waals surface area (Å²) in [4.78, 5) is 11.7. The van der Waals surface area contributed by atoms with E-state index in [1.54, 1.807) is 0 Å². The third-order valence-electron chi connectivity index (χ3n) is 4.37. The molecule has 1 amide bonds. The van der Waals surface area contributed by atoms with Crippen molar-refractivity contribution < 1.29 is 4.79 Å². The SMILES string of the molecule is O=C(CCCCCCCCCCS)NCC1CCCC1. The topological polar surface area (TPSA) is 29.1 Å². The molecule has 0 aliphatic heterocycles. The Morgan fingerprint density at radius 2 is 1.45 bits per heavy atom. The molecule has 0 aromatic carbocycles. The normalized spacial score (nSPS) is 15.7. The number of carbonyl (C=O) groups is 1. The number of hydrogen-bond acceptors (Lipinski definition) is 2. The standard InChI is InChI=1S/C17H33NOS/c19-17(18-15-16-11-8-9-12-16)13-7-5-3-1-2-4-6-10-14-20/h16,20H,1-15H2,(H,18,19). The quantitative estimate of drug-likeness (QED) is 0.396. The highest BCUT2D eigenvalue weighted by Crippen LogP contribution is 2.23. The zero-order valence-corrected chi connectivity index (χ0v) is 13.9. The van der Waals surface area contributed by atoms with Gasteiger partial charge in [-0.15, -0.1) is 0 Å². The molecule has 2 nitrogen and oxygen atoms in total. The van der Waals surface area contributed by atoms with Gasteiger partial charge in [0.05, 0.1) is 0 Å². The van der Waals surface area contributed by atoms with E-state index in [0.29, 0.717) is 0 Å². The number of amides is 1. The van der Waals surface area contributed by atoms with Crippen LogP contribution in [0.5, 0.6) is 0 Å². The van der Waals surface area contributed by atoms with Gasteiger partial charge in [0.2, 0.25) is 5.91 Å². The lowest BCUT2D eigenvalue weighted by molar-refractivity contribution is -0.121. The van der Waals surface area contributed by atoms with E-state index in [1.807, 2.05) is 0 Å². The fourth-order valence-electron chi connectivity index (χ4n) is 3.02. The van der Waals surface area contributed by atoms with E-state index in [4.69, 9.17) is 0 Å². The molecule has 20 heavy (non-hydrogen) atoms. The third-order valence-corrected chi connectivity index (χ3v) is 4.69. The number of carbonyl (C=O) groups excluding carboxylic acids is 1. The zero-order valence-electron chi connectivity index (χ0n) is 13.0. The fourth-order valence-corrected chi connectivity index (χ4v) is 3.24. The highest BCUT2D eigenvalue weighted by molar-refractivity contribution is 7.80. The summed E-state index contributed by atoms with van der Waals surface area (Å²) in [6.45, 7) is 0.921. The molecule has 1 saturated carbocycles. The van der Waals surface area contributed by atoms with Crippen LogP contribution in [0.15, 0.2) is 0 Å². The van der Waals surface area contributed by atoms with Gasteiger partial charge < -0.3 is 5.32 Å². The van der Waals surface area contributed by atoms with E-state index >= 15 is 0 Å². The van der Waals surface area contributed by atoms with Crippen molar-refractivity contribution in [1.82, 2.24) is 5.32 Å². The Bertz CT molecular complexity index is 239. The van der Waals surface area contributed by atoms with Gasteiger partial charge in [-0.25, -0.2) is 0 Å². The highest BCUT2D eigenvalue weighted by Gasteiger charge is 2.15. The molecule has 0 unspecified atom stereocenters. The highest BCUT2D eigenvalue weighted by atomic mass is 32.1. The van der Waals surface area contributed by atoms with Crippen molar-refractivity contribution in [2.45, 2.75) is 83.5 Å². The summed E-state index contributed by atoms with van der Waals surface area (Å²) in [5.41, 5.74) is 0. The summed E-state index contributed by atoms with van der Waals surface area (Å²) in [6.07, 6.45) is 16.2. The molecule has 0 saturated heterocycles. The average Bonchev–Trinajstić information content (AvgIpc) is 2.96. The number of hydrogen-bond donors (Lipinski definition) is 2. The van der Waals surface area contributed by atoms with Gasteiger partial charge in [0.15, 0.2) is 0 Å². The van der Waals surface area contributed by atoms with Crippen LogP contribution in [0.25, 0.3) is 0 Å². The molecule has 0 heterocycles. The molecule has 0 aromatic rings. The molecule has 1 N–H and O–H groups in total. The Labute approximate surface area is 130 Å². The van der Waals surface area contributed by atoms with E-state index in [2.05, 4.69) is 17.9 Å². The van der Waals surface area contributed by atoms with Gasteiger partial charge in [-0.3, -0.25) is 4.79 Å². The number of nitrogens with one attached hydrogen (secondary N) is 1. The molecule has 118 valence electrons. The summed E-state index contributed by atoms with van der Waals surface area (Å²) >= 11 is 4.22. The van der Waals surface area contributed by atoms with Crippen molar-refractivity contribution in [2.75, 3.05) is 12.3 Å². The maximum atomic E-state index is 11.7.